The highest BCUT2D eigenvalue weighted by Gasteiger charge is 2.46. The van der Waals surface area contributed by atoms with Crippen molar-refractivity contribution >= 4 is 38.6 Å². The highest BCUT2D eigenvalue weighted by molar-refractivity contribution is 6.01. The second-order valence-electron chi connectivity index (χ2n) is 13.3. The standard InChI is InChI=1S/C51H35N/c1-3-21-39(22-4-1)51(40-23-5-2-6-24-40)48-30-12-11-28-46(48)47-33-32-42(35-49(47)51)52(50-31-15-19-37-17-8-10-27-45(37)50)41-25-13-20-38(34-41)44-29-14-18-36-16-7-9-26-43(36)44/h1-35H/i13D,20D,25D,34D. The van der Waals surface area contributed by atoms with Crippen LogP contribution in [-0.2, 0) is 5.41 Å². The van der Waals surface area contributed by atoms with Crippen LogP contribution in [0.1, 0.15) is 27.7 Å². The van der Waals surface area contributed by atoms with E-state index < -0.39 is 5.41 Å². The van der Waals surface area contributed by atoms with E-state index in [-0.39, 0.29) is 29.9 Å². The first-order chi connectivity index (χ1) is 27.5. The molecule has 1 nitrogen and oxygen atoms in total. The van der Waals surface area contributed by atoms with Crippen LogP contribution in [0.2, 0.25) is 0 Å². The Kier molecular flexibility index (Phi) is 6.17. The van der Waals surface area contributed by atoms with Gasteiger partial charge in [-0.25, -0.2) is 0 Å². The van der Waals surface area contributed by atoms with Crippen molar-refractivity contribution < 1.29 is 5.48 Å². The molecule has 0 fully saturated rings. The second kappa shape index (κ2) is 12.3. The van der Waals surface area contributed by atoms with Crippen LogP contribution in [0.15, 0.2) is 212 Å². The lowest BCUT2D eigenvalue weighted by molar-refractivity contribution is 0.768. The number of hydrogen-bond acceptors (Lipinski definition) is 1. The van der Waals surface area contributed by atoms with Crippen molar-refractivity contribution in [2.24, 2.45) is 0 Å². The van der Waals surface area contributed by atoms with Crippen molar-refractivity contribution in [3.05, 3.63) is 234 Å². The third kappa shape index (κ3) is 4.63. The SMILES string of the molecule is [2H]c1c([2H])c(-c2cccc3ccccc23)c([2H])c(N(c2ccc3c(c2)C(c2ccccc2)(c2ccccc2)c2ccccc2-3)c2cccc3ccccc23)c1[2H]. The number of fused-ring (bicyclic) bond motifs is 5. The lowest BCUT2D eigenvalue weighted by Crippen LogP contribution is -2.28. The molecular formula is C51H35N. The summed E-state index contributed by atoms with van der Waals surface area (Å²) in [5.74, 6) is 0. The molecule has 0 heterocycles. The van der Waals surface area contributed by atoms with Crippen molar-refractivity contribution in [3.8, 4) is 22.3 Å². The van der Waals surface area contributed by atoms with Gasteiger partial charge in [0.1, 0.15) is 0 Å². The highest BCUT2D eigenvalue weighted by Crippen LogP contribution is 2.57. The summed E-state index contributed by atoms with van der Waals surface area (Å²) in [4.78, 5) is 1.99. The van der Waals surface area contributed by atoms with Crippen molar-refractivity contribution in [1.29, 1.82) is 0 Å². The fourth-order valence-corrected chi connectivity index (χ4v) is 8.39. The minimum absolute atomic E-state index is 0.0291. The summed E-state index contributed by atoms with van der Waals surface area (Å²) < 4.78 is 38.1. The maximum Gasteiger partial charge on any atom is 0.0714 e. The van der Waals surface area contributed by atoms with Gasteiger partial charge >= 0.3 is 0 Å². The van der Waals surface area contributed by atoms with Crippen LogP contribution in [0.25, 0.3) is 43.8 Å². The summed E-state index contributed by atoms with van der Waals surface area (Å²) in [6.07, 6.45) is 0. The lowest BCUT2D eigenvalue weighted by Gasteiger charge is -2.35. The van der Waals surface area contributed by atoms with Crippen LogP contribution in [0, 0.1) is 0 Å². The topological polar surface area (TPSA) is 3.24 Å². The van der Waals surface area contributed by atoms with Gasteiger partial charge in [-0.05, 0) is 91.0 Å². The Morgan fingerprint density at radius 2 is 1.00 bits per heavy atom. The van der Waals surface area contributed by atoms with Gasteiger partial charge in [-0.3, -0.25) is 0 Å². The van der Waals surface area contributed by atoms with Gasteiger partial charge < -0.3 is 4.90 Å². The molecule has 0 saturated heterocycles. The van der Waals surface area contributed by atoms with Gasteiger partial charge in [0.25, 0.3) is 0 Å². The minimum atomic E-state index is -0.664. The Morgan fingerprint density at radius 1 is 0.423 bits per heavy atom. The smallest absolute Gasteiger partial charge is 0.0714 e. The number of anilines is 3. The summed E-state index contributed by atoms with van der Waals surface area (Å²) in [6.45, 7) is 0. The molecule has 9 aromatic rings. The van der Waals surface area contributed by atoms with Gasteiger partial charge in [0.15, 0.2) is 0 Å². The predicted molar refractivity (Wildman–Crippen MR) is 219 cm³/mol. The molecule has 0 aromatic heterocycles. The molecule has 52 heavy (non-hydrogen) atoms. The molecule has 10 rings (SSSR count). The molecule has 0 unspecified atom stereocenters. The van der Waals surface area contributed by atoms with Gasteiger partial charge in [-0.2, -0.15) is 0 Å². The predicted octanol–water partition coefficient (Wildman–Crippen LogP) is 13.5. The zero-order chi connectivity index (χ0) is 38.0. The van der Waals surface area contributed by atoms with E-state index in [9.17, 15) is 5.48 Å². The third-order valence-corrected chi connectivity index (χ3v) is 10.6. The normalized spacial score (nSPS) is 13.8. The summed E-state index contributed by atoms with van der Waals surface area (Å²) in [5, 5.41) is 3.84. The lowest BCUT2D eigenvalue weighted by atomic mass is 9.67. The highest BCUT2D eigenvalue weighted by atomic mass is 15.1. The molecule has 1 aliphatic carbocycles. The Labute approximate surface area is 310 Å². The molecule has 0 radical (unpaired) electrons. The van der Waals surface area contributed by atoms with E-state index in [1.54, 1.807) is 0 Å². The van der Waals surface area contributed by atoms with Gasteiger partial charge in [0.05, 0.1) is 16.6 Å². The summed E-state index contributed by atoms with van der Waals surface area (Å²) in [6, 6.07) is 64.0. The van der Waals surface area contributed by atoms with E-state index in [0.717, 1.165) is 60.7 Å². The third-order valence-electron chi connectivity index (χ3n) is 10.6. The van der Waals surface area contributed by atoms with E-state index in [2.05, 4.69) is 121 Å². The average molecular weight is 666 g/mol. The molecule has 0 bridgehead atoms. The van der Waals surface area contributed by atoms with Crippen molar-refractivity contribution in [2.45, 2.75) is 5.41 Å². The average Bonchev–Trinajstić information content (AvgIpc) is 3.55. The first-order valence-corrected chi connectivity index (χ1v) is 17.7. The van der Waals surface area contributed by atoms with Gasteiger partial charge in [-0.1, -0.05) is 182 Å². The molecular weight excluding hydrogens is 627 g/mol. The molecule has 244 valence electrons. The Hall–Kier alpha value is -6.70. The van der Waals surface area contributed by atoms with Gasteiger partial charge in [-0.15, -0.1) is 0 Å². The largest absolute Gasteiger partial charge is 0.310 e. The summed E-state index contributed by atoms with van der Waals surface area (Å²) >= 11 is 0. The molecule has 9 aromatic carbocycles. The fraction of sp³-hybridized carbons (Fsp3) is 0.0196. The van der Waals surface area contributed by atoms with E-state index in [0.29, 0.717) is 11.1 Å². The maximum absolute atomic E-state index is 10.0. The number of rotatable bonds is 6. The molecule has 1 heteroatoms. The number of nitrogens with zero attached hydrogens (tertiary/aromatic N) is 1. The summed E-state index contributed by atoms with van der Waals surface area (Å²) in [7, 11) is 0. The van der Waals surface area contributed by atoms with E-state index in [1.807, 2.05) is 71.6 Å². The number of benzene rings is 9. The van der Waals surface area contributed by atoms with Crippen molar-refractivity contribution in [3.63, 3.8) is 0 Å². The van der Waals surface area contributed by atoms with E-state index >= 15 is 0 Å². The minimum Gasteiger partial charge on any atom is -0.310 e. The van der Waals surface area contributed by atoms with Crippen LogP contribution in [0.3, 0.4) is 0 Å². The molecule has 0 N–H and O–H groups in total. The van der Waals surface area contributed by atoms with Gasteiger partial charge in [0, 0.05) is 16.8 Å². The fourth-order valence-electron chi connectivity index (χ4n) is 8.39. The second-order valence-corrected chi connectivity index (χ2v) is 13.3. The zero-order valence-electron chi connectivity index (χ0n) is 32.3. The molecule has 0 atom stereocenters. The Morgan fingerprint density at radius 3 is 1.77 bits per heavy atom. The molecule has 0 saturated carbocycles. The van der Waals surface area contributed by atoms with E-state index in [4.69, 9.17) is 0 Å². The van der Waals surface area contributed by atoms with Crippen LogP contribution < -0.4 is 4.90 Å². The monoisotopic (exact) mass is 665 g/mol. The molecule has 0 aliphatic heterocycles. The van der Waals surface area contributed by atoms with Crippen LogP contribution in [0.4, 0.5) is 17.1 Å². The van der Waals surface area contributed by atoms with Crippen LogP contribution in [-0.4, -0.2) is 0 Å². The number of hydrogen-bond donors (Lipinski definition) is 0. The zero-order valence-corrected chi connectivity index (χ0v) is 28.3. The van der Waals surface area contributed by atoms with Crippen LogP contribution in [0.5, 0.6) is 0 Å². The Bertz CT molecular complexity index is 2930. The van der Waals surface area contributed by atoms with Gasteiger partial charge in [0.2, 0.25) is 0 Å². The van der Waals surface area contributed by atoms with Crippen molar-refractivity contribution in [2.75, 3.05) is 4.90 Å². The maximum atomic E-state index is 10.0. The summed E-state index contributed by atoms with van der Waals surface area (Å²) in [5.41, 5.74) is 8.99. The molecule has 0 amide bonds. The molecule has 1 aliphatic rings. The quantitative estimate of drug-likeness (QED) is 0.171. The molecule has 0 spiro atoms. The van der Waals surface area contributed by atoms with Crippen LogP contribution >= 0.6 is 0 Å². The Balaban J connectivity index is 1.32. The first kappa shape index (κ1) is 26.2. The first-order valence-electron chi connectivity index (χ1n) is 19.7. The van der Waals surface area contributed by atoms with E-state index in [1.165, 1.54) is 5.56 Å². The van der Waals surface area contributed by atoms with Crippen molar-refractivity contribution in [1.82, 2.24) is 0 Å².